The van der Waals surface area contributed by atoms with Gasteiger partial charge < -0.3 is 10.4 Å². The van der Waals surface area contributed by atoms with Gasteiger partial charge in [0.1, 0.15) is 5.39 Å². The molecule has 2 aromatic heterocycles. The molecule has 0 amide bonds. The van der Waals surface area contributed by atoms with Crippen LogP contribution < -0.4 is 16.8 Å². The Balaban J connectivity index is 2.92. The van der Waals surface area contributed by atoms with E-state index in [9.17, 15) is 4.79 Å². The molecule has 12 heavy (non-hydrogen) atoms. The molecule has 0 aromatic carbocycles. The molecule has 0 bridgehead atoms. The number of hydrogen-bond acceptors (Lipinski definition) is 5. The summed E-state index contributed by atoms with van der Waals surface area (Å²) < 4.78 is 0. The number of rotatable bonds is 1. The van der Waals surface area contributed by atoms with Gasteiger partial charge in [-0.05, 0) is 0 Å². The third-order valence-electron chi connectivity index (χ3n) is 1.50. The summed E-state index contributed by atoms with van der Waals surface area (Å²) in [4.78, 5) is 17.4. The zero-order valence-corrected chi connectivity index (χ0v) is 5.96. The fraction of sp³-hybridized carbons (Fsp3) is 0. The van der Waals surface area contributed by atoms with Crippen molar-refractivity contribution >= 4 is 16.9 Å². The summed E-state index contributed by atoms with van der Waals surface area (Å²) in [6, 6.07) is 0. The molecule has 0 aliphatic heterocycles. The Hall–Kier alpha value is -1.89. The molecule has 0 radical (unpaired) electrons. The molecule has 0 saturated heterocycles. The molecule has 0 aliphatic rings. The van der Waals surface area contributed by atoms with Crippen molar-refractivity contribution in [3.63, 3.8) is 0 Å². The molecule has 62 valence electrons. The zero-order valence-electron chi connectivity index (χ0n) is 5.96. The summed E-state index contributed by atoms with van der Waals surface area (Å²) in [5, 5.41) is 6.62. The van der Waals surface area contributed by atoms with Crippen LogP contribution in [0, 0.1) is 0 Å². The maximum Gasteiger partial charge on any atom is 0.264 e. The van der Waals surface area contributed by atoms with E-state index in [-0.39, 0.29) is 5.56 Å². The van der Waals surface area contributed by atoms with Crippen molar-refractivity contribution in [1.29, 1.82) is 0 Å². The third kappa shape index (κ3) is 0.768. The molecular weight excluding hydrogens is 160 g/mol. The second-order valence-electron chi connectivity index (χ2n) is 2.17. The number of nitrogens with two attached hydrogens (primary N) is 1. The predicted octanol–water partition coefficient (Wildman–Crippen LogP) is -1.07. The molecule has 0 atom stereocenters. The van der Waals surface area contributed by atoms with Crippen LogP contribution in [0.2, 0.25) is 0 Å². The fourth-order valence-corrected chi connectivity index (χ4v) is 0.970. The van der Waals surface area contributed by atoms with E-state index in [2.05, 4.69) is 25.6 Å². The van der Waals surface area contributed by atoms with E-state index in [1.165, 1.54) is 6.33 Å². The van der Waals surface area contributed by atoms with E-state index in [4.69, 9.17) is 5.84 Å². The molecule has 0 saturated carbocycles. The van der Waals surface area contributed by atoms with E-state index in [0.717, 1.165) is 0 Å². The Labute approximate surface area is 66.0 Å². The Morgan fingerprint density at radius 1 is 1.58 bits per heavy atom. The minimum atomic E-state index is -0.276. The van der Waals surface area contributed by atoms with E-state index >= 15 is 0 Å². The monoisotopic (exact) mass is 166 g/mol. The van der Waals surface area contributed by atoms with Gasteiger partial charge in [0.25, 0.3) is 5.56 Å². The van der Waals surface area contributed by atoms with Crippen LogP contribution in [-0.2, 0) is 0 Å². The largest absolute Gasteiger partial charge is 0.312 e. The van der Waals surface area contributed by atoms with Crippen LogP contribution in [0.1, 0.15) is 0 Å². The average molecular weight is 166 g/mol. The molecule has 0 aliphatic carbocycles. The Morgan fingerprint density at radius 3 is 3.17 bits per heavy atom. The van der Waals surface area contributed by atoms with Crippen LogP contribution >= 0.6 is 0 Å². The highest BCUT2D eigenvalue weighted by molar-refractivity contribution is 5.85. The molecule has 7 heteroatoms. The highest BCUT2D eigenvalue weighted by Crippen LogP contribution is 2.10. The summed E-state index contributed by atoms with van der Waals surface area (Å²) in [5.41, 5.74) is 2.38. The van der Waals surface area contributed by atoms with Gasteiger partial charge in [0.2, 0.25) is 0 Å². The van der Waals surface area contributed by atoms with Crippen LogP contribution in [-0.4, -0.2) is 20.2 Å². The fourth-order valence-electron chi connectivity index (χ4n) is 0.970. The van der Waals surface area contributed by atoms with E-state index in [0.29, 0.717) is 16.9 Å². The SMILES string of the molecule is NNc1[nH]nc2nc[nH]c(=O)c12. The first-order chi connectivity index (χ1) is 5.83. The molecule has 5 N–H and O–H groups in total. The molecular formula is C5H6N6O. The van der Waals surface area contributed by atoms with Crippen LogP contribution in [0.3, 0.4) is 0 Å². The average Bonchev–Trinajstić information content (AvgIpc) is 2.49. The van der Waals surface area contributed by atoms with E-state index in [1.54, 1.807) is 0 Å². The number of nitrogen functional groups attached to an aromatic ring is 1. The number of aromatic amines is 2. The van der Waals surface area contributed by atoms with Crippen molar-refractivity contribution in [3.8, 4) is 0 Å². The molecule has 2 aromatic rings. The summed E-state index contributed by atoms with van der Waals surface area (Å²) in [7, 11) is 0. The summed E-state index contributed by atoms with van der Waals surface area (Å²) >= 11 is 0. The topological polar surface area (TPSA) is 112 Å². The van der Waals surface area contributed by atoms with Gasteiger partial charge in [0.05, 0.1) is 6.33 Å². The van der Waals surface area contributed by atoms with Crippen LogP contribution in [0.5, 0.6) is 0 Å². The van der Waals surface area contributed by atoms with Crippen molar-refractivity contribution in [2.24, 2.45) is 5.84 Å². The summed E-state index contributed by atoms with van der Waals surface area (Å²) in [6.07, 6.45) is 1.28. The second-order valence-corrected chi connectivity index (χ2v) is 2.17. The number of aromatic nitrogens is 4. The van der Waals surface area contributed by atoms with Crippen molar-refractivity contribution in [1.82, 2.24) is 20.2 Å². The quantitative estimate of drug-likeness (QED) is 0.318. The number of nitrogens with zero attached hydrogens (tertiary/aromatic N) is 2. The lowest BCUT2D eigenvalue weighted by Crippen LogP contribution is -2.12. The summed E-state index contributed by atoms with van der Waals surface area (Å²) in [5.74, 6) is 5.49. The van der Waals surface area contributed by atoms with Gasteiger partial charge >= 0.3 is 0 Å². The maximum absolute atomic E-state index is 11.2. The zero-order chi connectivity index (χ0) is 8.55. The van der Waals surface area contributed by atoms with Gasteiger partial charge in [-0.2, -0.15) is 5.10 Å². The summed E-state index contributed by atoms with van der Waals surface area (Å²) in [6.45, 7) is 0. The van der Waals surface area contributed by atoms with Crippen LogP contribution in [0.25, 0.3) is 11.0 Å². The smallest absolute Gasteiger partial charge is 0.264 e. The number of hydrazine groups is 1. The number of anilines is 1. The Bertz CT molecular complexity index is 456. The van der Waals surface area contributed by atoms with Crippen molar-refractivity contribution < 1.29 is 0 Å². The van der Waals surface area contributed by atoms with E-state index < -0.39 is 0 Å². The lowest BCUT2D eigenvalue weighted by atomic mass is 10.4. The van der Waals surface area contributed by atoms with Gasteiger partial charge in [-0.1, -0.05) is 0 Å². The van der Waals surface area contributed by atoms with Gasteiger partial charge in [0.15, 0.2) is 11.5 Å². The molecule has 2 rings (SSSR count). The number of nitrogens with one attached hydrogen (secondary N) is 3. The number of fused-ring (bicyclic) bond motifs is 1. The predicted molar refractivity (Wildman–Crippen MR) is 42.3 cm³/mol. The normalized spacial score (nSPS) is 10.4. The van der Waals surface area contributed by atoms with Gasteiger partial charge in [-0.3, -0.25) is 9.89 Å². The Morgan fingerprint density at radius 2 is 2.42 bits per heavy atom. The maximum atomic E-state index is 11.2. The van der Waals surface area contributed by atoms with Gasteiger partial charge in [-0.15, -0.1) is 0 Å². The van der Waals surface area contributed by atoms with Gasteiger partial charge in [0, 0.05) is 0 Å². The van der Waals surface area contributed by atoms with Crippen LogP contribution in [0.4, 0.5) is 5.82 Å². The minimum Gasteiger partial charge on any atom is -0.312 e. The molecule has 0 spiro atoms. The molecule has 0 fully saturated rings. The van der Waals surface area contributed by atoms with Crippen molar-refractivity contribution in [2.75, 3.05) is 5.43 Å². The number of hydrogen-bond donors (Lipinski definition) is 4. The first-order valence-electron chi connectivity index (χ1n) is 3.21. The standard InChI is InChI=1S/C5H6N6O/c6-9-4-2-3(10-11-4)7-1-8-5(2)12/h1H,6H2,(H3,7,8,9,10,11,12). The minimum absolute atomic E-state index is 0.276. The lowest BCUT2D eigenvalue weighted by molar-refractivity contribution is 1.08. The Kier molecular flexibility index (Phi) is 1.31. The van der Waals surface area contributed by atoms with Crippen molar-refractivity contribution in [2.45, 2.75) is 0 Å². The first-order valence-corrected chi connectivity index (χ1v) is 3.21. The van der Waals surface area contributed by atoms with E-state index in [1.807, 2.05) is 0 Å². The number of H-pyrrole nitrogens is 2. The van der Waals surface area contributed by atoms with Gasteiger partial charge in [-0.25, -0.2) is 10.8 Å². The first kappa shape index (κ1) is 6.80. The molecule has 7 nitrogen and oxygen atoms in total. The van der Waals surface area contributed by atoms with Crippen LogP contribution in [0.15, 0.2) is 11.1 Å². The second kappa shape index (κ2) is 2.31. The highest BCUT2D eigenvalue weighted by atomic mass is 16.1. The van der Waals surface area contributed by atoms with Crippen molar-refractivity contribution in [3.05, 3.63) is 16.7 Å². The highest BCUT2D eigenvalue weighted by Gasteiger charge is 2.07. The third-order valence-corrected chi connectivity index (χ3v) is 1.50. The molecule has 0 unspecified atom stereocenters. The lowest BCUT2D eigenvalue weighted by Gasteiger charge is -1.91. The molecule has 2 heterocycles.